The predicted molar refractivity (Wildman–Crippen MR) is 109 cm³/mol. The SMILES string of the molecule is CC(C)[C@@H]1NC(=O)[C@H](Cc2ccc(OCCCN3CCCCC3)cc2)NC1=O. The summed E-state index contributed by atoms with van der Waals surface area (Å²) in [6.07, 6.45) is 5.52. The van der Waals surface area contributed by atoms with E-state index in [0.29, 0.717) is 13.0 Å². The minimum absolute atomic E-state index is 0.0799. The van der Waals surface area contributed by atoms with Gasteiger partial charge >= 0.3 is 0 Å². The van der Waals surface area contributed by atoms with Gasteiger partial charge in [0.1, 0.15) is 17.8 Å². The molecule has 0 spiro atoms. The second-order valence-corrected chi connectivity index (χ2v) is 8.24. The van der Waals surface area contributed by atoms with Gasteiger partial charge in [0.05, 0.1) is 6.61 Å². The van der Waals surface area contributed by atoms with Crippen LogP contribution in [0.25, 0.3) is 0 Å². The molecule has 2 aliphatic heterocycles. The van der Waals surface area contributed by atoms with Crippen molar-refractivity contribution < 1.29 is 14.3 Å². The highest BCUT2D eigenvalue weighted by molar-refractivity contribution is 5.97. The Morgan fingerprint density at radius 1 is 1.04 bits per heavy atom. The molecule has 0 unspecified atom stereocenters. The average molecular weight is 388 g/mol. The fraction of sp³-hybridized carbons (Fsp3) is 0.636. The lowest BCUT2D eigenvalue weighted by atomic mass is 9.97. The summed E-state index contributed by atoms with van der Waals surface area (Å²) in [5.74, 6) is 0.709. The van der Waals surface area contributed by atoms with E-state index >= 15 is 0 Å². The topological polar surface area (TPSA) is 70.7 Å². The number of benzene rings is 1. The second-order valence-electron chi connectivity index (χ2n) is 8.24. The third kappa shape index (κ3) is 5.71. The second kappa shape index (κ2) is 9.92. The van der Waals surface area contributed by atoms with Gasteiger partial charge in [-0.3, -0.25) is 9.59 Å². The molecule has 2 aliphatic rings. The van der Waals surface area contributed by atoms with Gasteiger partial charge in [0.2, 0.25) is 11.8 Å². The highest BCUT2D eigenvalue weighted by Crippen LogP contribution is 2.16. The van der Waals surface area contributed by atoms with E-state index < -0.39 is 12.1 Å². The Labute approximate surface area is 168 Å². The first-order chi connectivity index (χ1) is 13.5. The Balaban J connectivity index is 1.41. The van der Waals surface area contributed by atoms with E-state index in [2.05, 4.69) is 15.5 Å². The lowest BCUT2D eigenvalue weighted by Crippen LogP contribution is -2.63. The number of nitrogens with zero attached hydrogens (tertiary/aromatic N) is 1. The average Bonchev–Trinajstić information content (AvgIpc) is 2.69. The number of amides is 2. The third-order valence-corrected chi connectivity index (χ3v) is 5.58. The van der Waals surface area contributed by atoms with Crippen LogP contribution >= 0.6 is 0 Å². The molecule has 2 amide bonds. The number of hydrogen-bond acceptors (Lipinski definition) is 4. The summed E-state index contributed by atoms with van der Waals surface area (Å²) in [7, 11) is 0. The normalized spacial score (nSPS) is 23.4. The van der Waals surface area contributed by atoms with Crippen LogP contribution in [0.1, 0.15) is 45.1 Å². The maximum Gasteiger partial charge on any atom is 0.243 e. The molecule has 2 saturated heterocycles. The molecule has 154 valence electrons. The minimum atomic E-state index is -0.515. The zero-order valence-electron chi connectivity index (χ0n) is 17.1. The molecule has 2 fully saturated rings. The largest absolute Gasteiger partial charge is 0.494 e. The number of piperidine rings is 1. The van der Waals surface area contributed by atoms with Gasteiger partial charge in [-0.15, -0.1) is 0 Å². The lowest BCUT2D eigenvalue weighted by molar-refractivity contribution is -0.137. The number of ether oxygens (including phenoxy) is 1. The van der Waals surface area contributed by atoms with Crippen molar-refractivity contribution in [3.63, 3.8) is 0 Å². The number of likely N-dealkylation sites (tertiary alicyclic amines) is 1. The van der Waals surface area contributed by atoms with E-state index in [0.717, 1.165) is 24.3 Å². The van der Waals surface area contributed by atoms with Gasteiger partial charge < -0.3 is 20.3 Å². The van der Waals surface area contributed by atoms with E-state index in [1.54, 1.807) is 0 Å². The van der Waals surface area contributed by atoms with Crippen LogP contribution in [-0.2, 0) is 16.0 Å². The van der Waals surface area contributed by atoms with Crippen LogP contribution in [0.3, 0.4) is 0 Å². The van der Waals surface area contributed by atoms with Crippen LogP contribution in [0.15, 0.2) is 24.3 Å². The van der Waals surface area contributed by atoms with Crippen LogP contribution in [0.4, 0.5) is 0 Å². The van der Waals surface area contributed by atoms with Crippen molar-refractivity contribution in [1.29, 1.82) is 0 Å². The highest BCUT2D eigenvalue weighted by Gasteiger charge is 2.35. The first kappa shape index (κ1) is 20.6. The Hall–Kier alpha value is -2.08. The Kier molecular flexibility index (Phi) is 7.31. The van der Waals surface area contributed by atoms with Crippen LogP contribution in [0.5, 0.6) is 5.75 Å². The van der Waals surface area contributed by atoms with E-state index in [1.165, 1.54) is 32.4 Å². The van der Waals surface area contributed by atoms with Crippen molar-refractivity contribution in [3.8, 4) is 5.75 Å². The number of hydrogen-bond donors (Lipinski definition) is 2. The first-order valence-electron chi connectivity index (χ1n) is 10.6. The predicted octanol–water partition coefficient (Wildman–Crippen LogP) is 2.12. The molecule has 0 bridgehead atoms. The first-order valence-corrected chi connectivity index (χ1v) is 10.6. The maximum atomic E-state index is 12.3. The Bertz CT molecular complexity index is 653. The van der Waals surface area contributed by atoms with E-state index in [-0.39, 0.29) is 17.7 Å². The molecular weight excluding hydrogens is 354 g/mol. The quantitative estimate of drug-likeness (QED) is 0.671. The number of carbonyl (C=O) groups is 2. The number of piperazine rings is 1. The molecule has 3 rings (SSSR count). The fourth-order valence-corrected chi connectivity index (χ4v) is 3.88. The zero-order valence-corrected chi connectivity index (χ0v) is 17.1. The van der Waals surface area contributed by atoms with Crippen molar-refractivity contribution in [1.82, 2.24) is 15.5 Å². The molecule has 2 heterocycles. The van der Waals surface area contributed by atoms with Gasteiger partial charge in [0, 0.05) is 13.0 Å². The molecule has 2 atom stereocenters. The molecule has 0 aromatic heterocycles. The smallest absolute Gasteiger partial charge is 0.243 e. The molecule has 0 aliphatic carbocycles. The molecule has 6 heteroatoms. The van der Waals surface area contributed by atoms with Crippen LogP contribution < -0.4 is 15.4 Å². The molecule has 2 N–H and O–H groups in total. The van der Waals surface area contributed by atoms with Crippen LogP contribution in [-0.4, -0.2) is 55.0 Å². The van der Waals surface area contributed by atoms with Crippen molar-refractivity contribution in [3.05, 3.63) is 29.8 Å². The number of nitrogens with one attached hydrogen (secondary N) is 2. The standard InChI is InChI=1S/C22H33N3O3/c1-16(2)20-22(27)23-19(21(26)24-20)15-17-7-9-18(10-8-17)28-14-6-13-25-11-4-3-5-12-25/h7-10,16,19-20H,3-6,11-15H2,1-2H3,(H,23,27)(H,24,26)/t19-,20-/m0/s1. The Morgan fingerprint density at radius 3 is 2.43 bits per heavy atom. The summed E-state index contributed by atoms with van der Waals surface area (Å²) in [5.41, 5.74) is 1.00. The summed E-state index contributed by atoms with van der Waals surface area (Å²) >= 11 is 0. The number of rotatable bonds is 8. The summed E-state index contributed by atoms with van der Waals surface area (Å²) in [6, 6.07) is 6.86. The summed E-state index contributed by atoms with van der Waals surface area (Å²) in [6.45, 7) is 8.11. The summed E-state index contributed by atoms with van der Waals surface area (Å²) in [5, 5.41) is 5.68. The molecule has 6 nitrogen and oxygen atoms in total. The lowest BCUT2D eigenvalue weighted by Gasteiger charge is -2.31. The highest BCUT2D eigenvalue weighted by atomic mass is 16.5. The van der Waals surface area contributed by atoms with Crippen molar-refractivity contribution in [2.75, 3.05) is 26.2 Å². The molecule has 0 saturated carbocycles. The van der Waals surface area contributed by atoms with Crippen molar-refractivity contribution in [2.45, 2.75) is 58.0 Å². The third-order valence-electron chi connectivity index (χ3n) is 5.58. The molecule has 28 heavy (non-hydrogen) atoms. The number of carbonyl (C=O) groups excluding carboxylic acids is 2. The van der Waals surface area contributed by atoms with Gasteiger partial charge in [-0.1, -0.05) is 32.4 Å². The minimum Gasteiger partial charge on any atom is -0.494 e. The summed E-state index contributed by atoms with van der Waals surface area (Å²) in [4.78, 5) is 26.9. The molecule has 1 aromatic carbocycles. The van der Waals surface area contributed by atoms with Gasteiger partial charge in [-0.05, 0) is 56.0 Å². The van der Waals surface area contributed by atoms with Gasteiger partial charge in [-0.25, -0.2) is 0 Å². The van der Waals surface area contributed by atoms with Crippen LogP contribution in [0, 0.1) is 5.92 Å². The van der Waals surface area contributed by atoms with Crippen molar-refractivity contribution in [2.24, 2.45) is 5.92 Å². The fourth-order valence-electron chi connectivity index (χ4n) is 3.88. The molecule has 0 radical (unpaired) electrons. The van der Waals surface area contributed by atoms with Gasteiger partial charge in [0.25, 0.3) is 0 Å². The van der Waals surface area contributed by atoms with Gasteiger partial charge in [0.15, 0.2) is 0 Å². The van der Waals surface area contributed by atoms with Gasteiger partial charge in [-0.2, -0.15) is 0 Å². The zero-order chi connectivity index (χ0) is 19.9. The van der Waals surface area contributed by atoms with E-state index in [1.807, 2.05) is 38.1 Å². The molecule has 1 aromatic rings. The van der Waals surface area contributed by atoms with Crippen molar-refractivity contribution >= 4 is 11.8 Å². The van der Waals surface area contributed by atoms with Crippen LogP contribution in [0.2, 0.25) is 0 Å². The summed E-state index contributed by atoms with van der Waals surface area (Å²) < 4.78 is 5.84. The van der Waals surface area contributed by atoms with E-state index in [9.17, 15) is 9.59 Å². The monoisotopic (exact) mass is 387 g/mol. The maximum absolute atomic E-state index is 12.3. The van der Waals surface area contributed by atoms with E-state index in [4.69, 9.17) is 4.74 Å². The Morgan fingerprint density at radius 2 is 1.75 bits per heavy atom. The molecular formula is C22H33N3O3.